The number of primary amides is 1. The number of carbonyl (C=O) groups is 1. The highest BCUT2D eigenvalue weighted by Gasteiger charge is 2.19. The van der Waals surface area contributed by atoms with E-state index < -0.39 is 0 Å². The largest absolute Gasteiger partial charge is 0.370 e. The Balaban J connectivity index is 1.63. The second-order valence-electron chi connectivity index (χ2n) is 5.68. The SMILES string of the molecule is NC(=O)CCCN1CCN(c2cccc3[nH]c(=O)[nH]c23)CC1. The predicted octanol–water partition coefficient (Wildman–Crippen LogP) is 0.244. The van der Waals surface area contributed by atoms with E-state index in [0.717, 1.165) is 55.9 Å². The van der Waals surface area contributed by atoms with Crippen molar-refractivity contribution in [3.8, 4) is 0 Å². The van der Waals surface area contributed by atoms with Crippen molar-refractivity contribution in [2.75, 3.05) is 37.6 Å². The third-order valence-electron chi connectivity index (χ3n) is 4.14. The van der Waals surface area contributed by atoms with Gasteiger partial charge in [0.15, 0.2) is 0 Å². The molecular weight excluding hydrogens is 282 g/mol. The van der Waals surface area contributed by atoms with Crippen LogP contribution in [0.5, 0.6) is 0 Å². The standard InChI is InChI=1S/C15H21N5O2/c16-13(21)5-2-6-19-7-9-20(10-8-19)12-4-1-3-11-14(12)18-15(22)17-11/h1,3-4H,2,5-10H2,(H2,16,21)(H2,17,18,22). The van der Waals surface area contributed by atoms with Crippen molar-refractivity contribution in [2.45, 2.75) is 12.8 Å². The van der Waals surface area contributed by atoms with Gasteiger partial charge in [0.05, 0.1) is 16.7 Å². The van der Waals surface area contributed by atoms with Crippen LogP contribution in [0.4, 0.5) is 5.69 Å². The monoisotopic (exact) mass is 303 g/mol. The summed E-state index contributed by atoms with van der Waals surface area (Å²) in [5.74, 6) is -0.235. The van der Waals surface area contributed by atoms with Crippen molar-refractivity contribution < 1.29 is 4.79 Å². The number of nitrogens with one attached hydrogen (secondary N) is 2. The second-order valence-corrected chi connectivity index (χ2v) is 5.68. The lowest BCUT2D eigenvalue weighted by molar-refractivity contribution is -0.118. The van der Waals surface area contributed by atoms with E-state index in [1.165, 1.54) is 0 Å². The number of hydrogen-bond acceptors (Lipinski definition) is 4. The van der Waals surface area contributed by atoms with Crippen LogP contribution in [0.3, 0.4) is 0 Å². The fourth-order valence-electron chi connectivity index (χ4n) is 3.00. The molecule has 1 amide bonds. The summed E-state index contributed by atoms with van der Waals surface area (Å²) in [7, 11) is 0. The minimum Gasteiger partial charge on any atom is -0.370 e. The number of amides is 1. The van der Waals surface area contributed by atoms with E-state index in [1.807, 2.05) is 18.2 Å². The topological polar surface area (TPSA) is 98.2 Å². The maximum absolute atomic E-state index is 11.5. The Bertz CT molecular complexity index is 712. The number of rotatable bonds is 5. The van der Waals surface area contributed by atoms with Crippen molar-refractivity contribution >= 4 is 22.6 Å². The molecule has 4 N–H and O–H groups in total. The van der Waals surface area contributed by atoms with Crippen molar-refractivity contribution in [2.24, 2.45) is 5.73 Å². The van der Waals surface area contributed by atoms with Gasteiger partial charge in [0, 0.05) is 32.6 Å². The highest BCUT2D eigenvalue weighted by molar-refractivity contribution is 5.88. The molecule has 1 saturated heterocycles. The van der Waals surface area contributed by atoms with Crippen molar-refractivity contribution in [3.63, 3.8) is 0 Å². The summed E-state index contributed by atoms with van der Waals surface area (Å²) < 4.78 is 0. The summed E-state index contributed by atoms with van der Waals surface area (Å²) >= 11 is 0. The minimum atomic E-state index is -0.235. The first-order valence-corrected chi connectivity index (χ1v) is 7.60. The highest BCUT2D eigenvalue weighted by Crippen LogP contribution is 2.24. The zero-order chi connectivity index (χ0) is 15.5. The summed E-state index contributed by atoms with van der Waals surface area (Å²) in [6.45, 7) is 4.61. The van der Waals surface area contributed by atoms with Crippen molar-refractivity contribution in [3.05, 3.63) is 28.7 Å². The van der Waals surface area contributed by atoms with E-state index in [4.69, 9.17) is 5.73 Å². The quantitative estimate of drug-likeness (QED) is 0.737. The number of anilines is 1. The number of para-hydroxylation sites is 1. The number of piperazine rings is 1. The summed E-state index contributed by atoms with van der Waals surface area (Å²) in [6.07, 6.45) is 1.26. The van der Waals surface area contributed by atoms with Gasteiger partial charge < -0.3 is 20.6 Å². The molecule has 0 atom stereocenters. The number of aromatic nitrogens is 2. The molecule has 0 spiro atoms. The third kappa shape index (κ3) is 3.14. The number of fused-ring (bicyclic) bond motifs is 1. The molecule has 0 bridgehead atoms. The lowest BCUT2D eigenvalue weighted by Crippen LogP contribution is -2.46. The Labute approximate surface area is 128 Å². The smallest absolute Gasteiger partial charge is 0.323 e. The van der Waals surface area contributed by atoms with Gasteiger partial charge in [-0.05, 0) is 25.1 Å². The molecular formula is C15H21N5O2. The number of aromatic amines is 2. The van der Waals surface area contributed by atoms with Crippen LogP contribution >= 0.6 is 0 Å². The average molecular weight is 303 g/mol. The van der Waals surface area contributed by atoms with Crippen LogP contribution in [0, 0.1) is 0 Å². The minimum absolute atomic E-state index is 0.174. The highest BCUT2D eigenvalue weighted by atomic mass is 16.1. The fraction of sp³-hybridized carbons (Fsp3) is 0.467. The number of nitrogens with zero attached hydrogens (tertiary/aromatic N) is 2. The van der Waals surface area contributed by atoms with Gasteiger partial charge in [-0.3, -0.25) is 9.69 Å². The van der Waals surface area contributed by atoms with Gasteiger partial charge >= 0.3 is 5.69 Å². The van der Waals surface area contributed by atoms with Crippen LogP contribution in [0.15, 0.2) is 23.0 Å². The van der Waals surface area contributed by atoms with Crippen LogP contribution in [0.25, 0.3) is 11.0 Å². The molecule has 1 fully saturated rings. The molecule has 2 aromatic rings. The first-order valence-electron chi connectivity index (χ1n) is 7.60. The summed E-state index contributed by atoms with van der Waals surface area (Å²) in [5.41, 5.74) is 7.76. The molecule has 7 nitrogen and oxygen atoms in total. The average Bonchev–Trinajstić information content (AvgIpc) is 2.87. The lowest BCUT2D eigenvalue weighted by Gasteiger charge is -2.36. The number of H-pyrrole nitrogens is 2. The van der Waals surface area contributed by atoms with E-state index in [-0.39, 0.29) is 11.6 Å². The van der Waals surface area contributed by atoms with Crippen molar-refractivity contribution in [1.29, 1.82) is 0 Å². The van der Waals surface area contributed by atoms with Crippen LogP contribution < -0.4 is 16.3 Å². The summed E-state index contributed by atoms with van der Waals surface area (Å²) in [5, 5.41) is 0. The maximum atomic E-state index is 11.5. The Kier molecular flexibility index (Phi) is 4.15. The van der Waals surface area contributed by atoms with E-state index in [0.29, 0.717) is 6.42 Å². The normalized spacial score (nSPS) is 16.3. The zero-order valence-electron chi connectivity index (χ0n) is 12.5. The second kappa shape index (κ2) is 6.23. The zero-order valence-corrected chi connectivity index (χ0v) is 12.5. The van der Waals surface area contributed by atoms with Gasteiger partial charge in [0.2, 0.25) is 5.91 Å². The molecule has 3 rings (SSSR count). The van der Waals surface area contributed by atoms with Gasteiger partial charge in [-0.15, -0.1) is 0 Å². The molecule has 1 aromatic carbocycles. The van der Waals surface area contributed by atoms with Gasteiger partial charge in [0.1, 0.15) is 0 Å². The molecule has 0 aliphatic carbocycles. The van der Waals surface area contributed by atoms with Gasteiger partial charge in [-0.1, -0.05) is 6.07 Å². The van der Waals surface area contributed by atoms with Crippen LogP contribution in [-0.2, 0) is 4.79 Å². The summed E-state index contributed by atoms with van der Waals surface area (Å²) in [6, 6.07) is 5.90. The molecule has 1 aliphatic rings. The number of carbonyl (C=O) groups excluding carboxylic acids is 1. The Morgan fingerprint density at radius 2 is 1.95 bits per heavy atom. The lowest BCUT2D eigenvalue weighted by atomic mass is 10.2. The Hall–Kier alpha value is -2.28. The first kappa shape index (κ1) is 14.6. The molecule has 118 valence electrons. The molecule has 1 aliphatic heterocycles. The van der Waals surface area contributed by atoms with E-state index in [9.17, 15) is 9.59 Å². The van der Waals surface area contributed by atoms with Crippen LogP contribution in [0.1, 0.15) is 12.8 Å². The number of nitrogens with two attached hydrogens (primary N) is 1. The van der Waals surface area contributed by atoms with E-state index in [1.54, 1.807) is 0 Å². The molecule has 0 saturated carbocycles. The maximum Gasteiger partial charge on any atom is 0.323 e. The fourth-order valence-corrected chi connectivity index (χ4v) is 3.00. The predicted molar refractivity (Wildman–Crippen MR) is 86.0 cm³/mol. The molecule has 22 heavy (non-hydrogen) atoms. The van der Waals surface area contributed by atoms with Gasteiger partial charge in [0.25, 0.3) is 0 Å². The van der Waals surface area contributed by atoms with Crippen LogP contribution in [-0.4, -0.2) is 53.5 Å². The number of hydrogen-bond donors (Lipinski definition) is 3. The van der Waals surface area contributed by atoms with E-state index >= 15 is 0 Å². The molecule has 7 heteroatoms. The van der Waals surface area contributed by atoms with Crippen molar-refractivity contribution in [1.82, 2.24) is 14.9 Å². The van der Waals surface area contributed by atoms with Gasteiger partial charge in [-0.25, -0.2) is 4.79 Å². The molecule has 0 radical (unpaired) electrons. The van der Waals surface area contributed by atoms with Crippen LogP contribution in [0.2, 0.25) is 0 Å². The third-order valence-corrected chi connectivity index (χ3v) is 4.14. The molecule has 1 aromatic heterocycles. The molecule has 2 heterocycles. The number of imidazole rings is 1. The van der Waals surface area contributed by atoms with E-state index in [2.05, 4.69) is 19.8 Å². The van der Waals surface area contributed by atoms with Gasteiger partial charge in [-0.2, -0.15) is 0 Å². The Morgan fingerprint density at radius 1 is 1.18 bits per heavy atom. The Morgan fingerprint density at radius 3 is 2.68 bits per heavy atom. The molecule has 0 unspecified atom stereocenters. The number of benzene rings is 1. The first-order chi connectivity index (χ1) is 10.6. The summed E-state index contributed by atoms with van der Waals surface area (Å²) in [4.78, 5) is 32.5.